The van der Waals surface area contributed by atoms with E-state index in [0.29, 0.717) is 48.7 Å². The highest BCUT2D eigenvalue weighted by atomic mass is 35.5. The minimum absolute atomic E-state index is 0.0325. The molecule has 3 heterocycles. The standard InChI is InChI=1S/C27H25ClF3N7O/c1-17-3-4-18(9-23(17)38-15-22(34-35-38)20-13-32-16-33-14-20)10-25(39)19-11-21(27(29,30)31)26(28)24(12-19)37-7-5-36(2)6-8-37/h3-4,9,11-16H,5-8,10H2,1-2H3. The van der Waals surface area contributed by atoms with Crippen LogP contribution in [0.25, 0.3) is 16.9 Å². The van der Waals surface area contributed by atoms with Gasteiger partial charge in [0.1, 0.15) is 12.0 Å². The topological polar surface area (TPSA) is 80.0 Å². The second-order valence-corrected chi connectivity index (χ2v) is 9.92. The molecule has 1 fully saturated rings. The summed E-state index contributed by atoms with van der Waals surface area (Å²) in [5.74, 6) is -0.442. The molecule has 4 aromatic rings. The first-order valence-corrected chi connectivity index (χ1v) is 12.6. The monoisotopic (exact) mass is 555 g/mol. The van der Waals surface area contributed by atoms with Crippen LogP contribution >= 0.6 is 11.6 Å². The maximum absolute atomic E-state index is 13.9. The number of alkyl halides is 3. The number of Topliss-reactive ketones (excluding diaryl/α,β-unsaturated/α-hetero) is 1. The van der Waals surface area contributed by atoms with Crippen molar-refractivity contribution in [3.8, 4) is 16.9 Å². The van der Waals surface area contributed by atoms with Gasteiger partial charge in [0, 0.05) is 56.1 Å². The van der Waals surface area contributed by atoms with Crippen LogP contribution in [0.4, 0.5) is 18.9 Å². The van der Waals surface area contributed by atoms with E-state index in [9.17, 15) is 18.0 Å². The van der Waals surface area contributed by atoms with Crippen molar-refractivity contribution in [2.75, 3.05) is 38.1 Å². The molecule has 202 valence electrons. The van der Waals surface area contributed by atoms with E-state index in [4.69, 9.17) is 11.6 Å². The smallest absolute Gasteiger partial charge is 0.368 e. The van der Waals surface area contributed by atoms with Gasteiger partial charge in [0.05, 0.1) is 28.2 Å². The fourth-order valence-corrected chi connectivity index (χ4v) is 4.83. The Labute approximate surface area is 228 Å². The first-order valence-electron chi connectivity index (χ1n) is 12.2. The second kappa shape index (κ2) is 10.7. The number of aryl methyl sites for hydroxylation is 1. The summed E-state index contributed by atoms with van der Waals surface area (Å²) in [5.41, 5.74) is 2.68. The number of halogens is 4. The van der Waals surface area contributed by atoms with Crippen LogP contribution in [-0.4, -0.2) is 68.9 Å². The Morgan fingerprint density at radius 2 is 1.74 bits per heavy atom. The van der Waals surface area contributed by atoms with E-state index in [1.54, 1.807) is 40.3 Å². The molecule has 1 aliphatic heterocycles. The third-order valence-electron chi connectivity index (χ3n) is 6.76. The van der Waals surface area contributed by atoms with Crippen molar-refractivity contribution >= 4 is 23.1 Å². The molecule has 12 heteroatoms. The van der Waals surface area contributed by atoms with Gasteiger partial charge in [-0.2, -0.15) is 13.2 Å². The summed E-state index contributed by atoms with van der Waals surface area (Å²) in [5, 5.41) is 8.00. The van der Waals surface area contributed by atoms with Crippen molar-refractivity contribution in [2.24, 2.45) is 0 Å². The zero-order valence-electron chi connectivity index (χ0n) is 21.3. The number of piperazine rings is 1. The largest absolute Gasteiger partial charge is 0.417 e. The Balaban J connectivity index is 1.44. The van der Waals surface area contributed by atoms with Crippen molar-refractivity contribution < 1.29 is 18.0 Å². The van der Waals surface area contributed by atoms with Crippen molar-refractivity contribution in [3.05, 3.63) is 82.5 Å². The van der Waals surface area contributed by atoms with Crippen LogP contribution in [0.2, 0.25) is 5.02 Å². The molecular formula is C27H25ClF3N7O. The lowest BCUT2D eigenvalue weighted by atomic mass is 9.98. The van der Waals surface area contributed by atoms with Crippen molar-refractivity contribution in [1.82, 2.24) is 29.9 Å². The van der Waals surface area contributed by atoms with Crippen LogP contribution in [0.3, 0.4) is 0 Å². The number of likely N-dealkylation sites (N-methyl/N-ethyl adjacent to an activating group) is 1. The van der Waals surface area contributed by atoms with Crippen molar-refractivity contribution in [3.63, 3.8) is 0 Å². The molecule has 1 saturated heterocycles. The number of anilines is 1. The van der Waals surface area contributed by atoms with Gasteiger partial charge in [0.2, 0.25) is 0 Å². The molecule has 2 aromatic carbocycles. The summed E-state index contributed by atoms with van der Waals surface area (Å²) in [6, 6.07) is 7.73. The minimum Gasteiger partial charge on any atom is -0.368 e. The number of rotatable bonds is 6. The number of ketones is 1. The summed E-state index contributed by atoms with van der Waals surface area (Å²) in [4.78, 5) is 25.2. The Morgan fingerprint density at radius 1 is 1.03 bits per heavy atom. The first-order chi connectivity index (χ1) is 18.6. The maximum Gasteiger partial charge on any atom is 0.417 e. The number of carbonyl (C=O) groups is 1. The molecule has 0 spiro atoms. The third kappa shape index (κ3) is 5.79. The molecule has 8 nitrogen and oxygen atoms in total. The molecule has 0 N–H and O–H groups in total. The number of carbonyl (C=O) groups excluding carboxylic acids is 1. The molecule has 2 aromatic heterocycles. The van der Waals surface area contributed by atoms with E-state index in [1.165, 1.54) is 12.4 Å². The molecule has 39 heavy (non-hydrogen) atoms. The van der Waals surface area contributed by atoms with E-state index in [0.717, 1.165) is 11.6 Å². The van der Waals surface area contributed by atoms with Gasteiger partial charge in [0.25, 0.3) is 0 Å². The third-order valence-corrected chi connectivity index (χ3v) is 7.16. The van der Waals surface area contributed by atoms with Crippen LogP contribution in [0.5, 0.6) is 0 Å². The molecule has 0 unspecified atom stereocenters. The quantitative estimate of drug-likeness (QED) is 0.314. The Hall–Kier alpha value is -3.83. The highest BCUT2D eigenvalue weighted by Gasteiger charge is 2.36. The van der Waals surface area contributed by atoms with Gasteiger partial charge < -0.3 is 9.80 Å². The molecule has 0 atom stereocenters. The predicted octanol–water partition coefficient (Wildman–Crippen LogP) is 4.88. The molecule has 0 saturated carbocycles. The zero-order chi connectivity index (χ0) is 27.7. The van der Waals surface area contributed by atoms with Gasteiger partial charge in [-0.1, -0.05) is 28.9 Å². The fraction of sp³-hybridized carbons (Fsp3) is 0.296. The lowest BCUT2D eigenvalue weighted by Gasteiger charge is -2.35. The maximum atomic E-state index is 13.9. The molecule has 1 aliphatic rings. The summed E-state index contributed by atoms with van der Waals surface area (Å²) in [6.45, 7) is 4.29. The lowest BCUT2D eigenvalue weighted by Crippen LogP contribution is -2.44. The number of hydrogen-bond donors (Lipinski definition) is 0. The fourth-order valence-electron chi connectivity index (χ4n) is 4.50. The molecule has 0 aliphatic carbocycles. The first kappa shape index (κ1) is 26.8. The van der Waals surface area contributed by atoms with Crippen molar-refractivity contribution in [1.29, 1.82) is 0 Å². The van der Waals surface area contributed by atoms with E-state index >= 15 is 0 Å². The number of hydrogen-bond acceptors (Lipinski definition) is 7. The van der Waals surface area contributed by atoms with Gasteiger partial charge in [-0.25, -0.2) is 14.6 Å². The van der Waals surface area contributed by atoms with Gasteiger partial charge in [0.15, 0.2) is 5.78 Å². The Morgan fingerprint density at radius 3 is 2.44 bits per heavy atom. The highest BCUT2D eigenvalue weighted by molar-refractivity contribution is 6.34. The number of nitrogens with zero attached hydrogens (tertiary/aromatic N) is 7. The van der Waals surface area contributed by atoms with Crippen LogP contribution < -0.4 is 4.90 Å². The van der Waals surface area contributed by atoms with Crippen LogP contribution in [-0.2, 0) is 12.6 Å². The van der Waals surface area contributed by atoms with E-state index in [2.05, 4.69) is 25.2 Å². The van der Waals surface area contributed by atoms with E-state index < -0.39 is 17.5 Å². The average molecular weight is 556 g/mol. The Bertz CT molecular complexity index is 1500. The van der Waals surface area contributed by atoms with E-state index in [1.807, 2.05) is 20.0 Å². The lowest BCUT2D eigenvalue weighted by molar-refractivity contribution is -0.137. The van der Waals surface area contributed by atoms with Crippen LogP contribution in [0.15, 0.2) is 55.2 Å². The van der Waals surface area contributed by atoms with Crippen LogP contribution in [0.1, 0.15) is 27.0 Å². The van der Waals surface area contributed by atoms with Gasteiger partial charge in [-0.15, -0.1) is 5.10 Å². The highest BCUT2D eigenvalue weighted by Crippen LogP contribution is 2.41. The molecule has 0 amide bonds. The number of aromatic nitrogens is 5. The normalized spacial score (nSPS) is 14.6. The van der Waals surface area contributed by atoms with E-state index in [-0.39, 0.29) is 22.7 Å². The van der Waals surface area contributed by atoms with Gasteiger partial charge in [-0.05, 0) is 43.3 Å². The average Bonchev–Trinajstić information content (AvgIpc) is 3.40. The molecule has 5 rings (SSSR count). The summed E-state index contributed by atoms with van der Waals surface area (Å²) >= 11 is 6.24. The van der Waals surface area contributed by atoms with Crippen molar-refractivity contribution in [2.45, 2.75) is 19.5 Å². The second-order valence-electron chi connectivity index (χ2n) is 9.54. The molecule has 0 radical (unpaired) electrons. The van der Waals surface area contributed by atoms with Gasteiger partial charge >= 0.3 is 6.18 Å². The Kier molecular flexibility index (Phi) is 7.37. The minimum atomic E-state index is -4.69. The molecular weight excluding hydrogens is 531 g/mol. The summed E-state index contributed by atoms with van der Waals surface area (Å²) < 4.78 is 43.3. The van der Waals surface area contributed by atoms with Crippen LogP contribution in [0, 0.1) is 6.92 Å². The molecule has 0 bridgehead atoms. The SMILES string of the molecule is Cc1ccc(CC(=O)c2cc(N3CCN(C)CC3)c(Cl)c(C(F)(F)F)c2)cc1-n1cc(-c2cncnc2)nn1. The zero-order valence-corrected chi connectivity index (χ0v) is 22.0. The predicted molar refractivity (Wildman–Crippen MR) is 141 cm³/mol. The summed E-state index contributed by atoms with van der Waals surface area (Å²) in [7, 11) is 1.95. The number of benzene rings is 2. The summed E-state index contributed by atoms with van der Waals surface area (Å²) in [6.07, 6.45) is 1.61. The van der Waals surface area contributed by atoms with Gasteiger partial charge in [-0.3, -0.25) is 4.79 Å².